The molecule has 0 aromatic heterocycles. The summed E-state index contributed by atoms with van der Waals surface area (Å²) in [5, 5.41) is 26.3. The maximum absolute atomic E-state index is 10.3. The lowest BCUT2D eigenvalue weighted by Gasteiger charge is -2.37. The SMILES string of the molecule is NC1NC(C2=CC(N3CCOCC3)c3ccc(O)c(O)c3N2)=CO1. The van der Waals surface area contributed by atoms with Gasteiger partial charge in [-0.3, -0.25) is 10.6 Å². The van der Waals surface area contributed by atoms with Gasteiger partial charge in [0.25, 0.3) is 0 Å². The third-order valence-corrected chi connectivity index (χ3v) is 4.45. The van der Waals surface area contributed by atoms with Gasteiger partial charge in [-0.1, -0.05) is 6.07 Å². The number of fused-ring (bicyclic) bond motifs is 1. The smallest absolute Gasteiger partial charge is 0.224 e. The number of hydrogen-bond donors (Lipinski definition) is 5. The van der Waals surface area contributed by atoms with Gasteiger partial charge in [0, 0.05) is 18.7 Å². The molecule has 24 heavy (non-hydrogen) atoms. The number of anilines is 1. The fourth-order valence-electron chi connectivity index (χ4n) is 3.22. The van der Waals surface area contributed by atoms with Gasteiger partial charge in [-0.2, -0.15) is 0 Å². The molecule has 0 radical (unpaired) electrons. The Bertz CT molecular complexity index is 712. The summed E-state index contributed by atoms with van der Waals surface area (Å²) in [4.78, 5) is 2.27. The lowest BCUT2D eigenvalue weighted by molar-refractivity contribution is 0.0251. The molecule has 0 saturated carbocycles. The Morgan fingerprint density at radius 2 is 1.96 bits per heavy atom. The van der Waals surface area contributed by atoms with E-state index in [-0.39, 0.29) is 17.5 Å². The summed E-state index contributed by atoms with van der Waals surface area (Å²) in [7, 11) is 0. The molecule has 0 aliphatic carbocycles. The Hall–Kier alpha value is -2.42. The van der Waals surface area contributed by atoms with E-state index >= 15 is 0 Å². The number of aromatic hydroxyl groups is 2. The number of phenolic OH excluding ortho intramolecular Hbond substituents is 2. The molecule has 8 nitrogen and oxygen atoms in total. The van der Waals surface area contributed by atoms with Gasteiger partial charge in [-0.25, -0.2) is 0 Å². The number of ether oxygens (including phenoxy) is 2. The quantitative estimate of drug-likeness (QED) is 0.497. The molecule has 3 aliphatic heterocycles. The van der Waals surface area contributed by atoms with Crippen molar-refractivity contribution in [2.45, 2.75) is 12.4 Å². The largest absolute Gasteiger partial charge is 0.504 e. The predicted molar refractivity (Wildman–Crippen MR) is 86.9 cm³/mol. The zero-order chi connectivity index (χ0) is 16.7. The third-order valence-electron chi connectivity index (χ3n) is 4.45. The molecule has 6 N–H and O–H groups in total. The van der Waals surface area contributed by atoms with Crippen LogP contribution in [0.1, 0.15) is 11.6 Å². The van der Waals surface area contributed by atoms with E-state index in [9.17, 15) is 10.2 Å². The number of nitrogens with two attached hydrogens (primary N) is 1. The predicted octanol–water partition coefficient (Wildman–Crippen LogP) is 0.484. The molecule has 1 aromatic rings. The Morgan fingerprint density at radius 1 is 1.17 bits per heavy atom. The highest BCUT2D eigenvalue weighted by Crippen LogP contribution is 2.45. The second kappa shape index (κ2) is 5.90. The molecular formula is C16H20N4O4. The van der Waals surface area contributed by atoms with Crippen LogP contribution in [0.15, 0.2) is 35.9 Å². The number of morpholine rings is 1. The van der Waals surface area contributed by atoms with Gasteiger partial charge >= 0.3 is 0 Å². The highest BCUT2D eigenvalue weighted by atomic mass is 16.5. The van der Waals surface area contributed by atoms with Gasteiger partial charge in [0.2, 0.25) is 6.35 Å². The molecule has 2 unspecified atom stereocenters. The van der Waals surface area contributed by atoms with Crippen LogP contribution in [-0.4, -0.2) is 47.8 Å². The number of nitrogens with one attached hydrogen (secondary N) is 2. The molecular weight excluding hydrogens is 312 g/mol. The minimum atomic E-state index is -0.594. The maximum atomic E-state index is 10.3. The molecule has 1 fully saturated rings. The highest BCUT2D eigenvalue weighted by Gasteiger charge is 2.31. The second-order valence-corrected chi connectivity index (χ2v) is 5.93. The number of phenols is 2. The first-order chi connectivity index (χ1) is 11.6. The van der Waals surface area contributed by atoms with Crippen LogP contribution < -0.4 is 16.4 Å². The summed E-state index contributed by atoms with van der Waals surface area (Å²) in [5.74, 6) is -0.329. The van der Waals surface area contributed by atoms with Crippen molar-refractivity contribution < 1.29 is 19.7 Å². The Kier molecular flexibility index (Phi) is 3.72. The van der Waals surface area contributed by atoms with Gasteiger partial charge in [0.15, 0.2) is 11.5 Å². The van der Waals surface area contributed by atoms with E-state index in [1.54, 1.807) is 6.26 Å². The summed E-state index contributed by atoms with van der Waals surface area (Å²) in [6, 6.07) is 3.28. The molecule has 3 aliphatic rings. The Balaban J connectivity index is 1.75. The molecule has 1 saturated heterocycles. The van der Waals surface area contributed by atoms with Crippen molar-refractivity contribution in [3.63, 3.8) is 0 Å². The zero-order valence-electron chi connectivity index (χ0n) is 13.0. The first-order valence-electron chi connectivity index (χ1n) is 7.87. The fraction of sp³-hybridized carbons (Fsp3) is 0.375. The van der Waals surface area contributed by atoms with Crippen molar-refractivity contribution in [1.29, 1.82) is 0 Å². The summed E-state index contributed by atoms with van der Waals surface area (Å²) in [6.45, 7) is 2.92. The average molecular weight is 332 g/mol. The second-order valence-electron chi connectivity index (χ2n) is 5.93. The molecule has 3 heterocycles. The van der Waals surface area contributed by atoms with Crippen LogP contribution in [0, 0.1) is 0 Å². The maximum Gasteiger partial charge on any atom is 0.224 e. The highest BCUT2D eigenvalue weighted by molar-refractivity contribution is 5.73. The normalized spacial score (nSPS) is 26.5. The van der Waals surface area contributed by atoms with E-state index in [0.29, 0.717) is 24.6 Å². The monoisotopic (exact) mass is 332 g/mol. The number of hydrogen-bond acceptors (Lipinski definition) is 8. The van der Waals surface area contributed by atoms with Gasteiger partial charge in [0.05, 0.1) is 36.3 Å². The standard InChI is InChI=1S/C16H20N4O4/c17-16-19-11(8-24-16)10-7-12(20-3-5-23-6-4-20)9-1-2-13(21)15(22)14(9)18-10/h1-2,7-8,12,16,18-19,21-22H,3-6,17H2. The van der Waals surface area contributed by atoms with Gasteiger partial charge in [-0.05, 0) is 12.1 Å². The van der Waals surface area contributed by atoms with Crippen molar-refractivity contribution in [2.24, 2.45) is 5.73 Å². The van der Waals surface area contributed by atoms with E-state index in [4.69, 9.17) is 15.2 Å². The van der Waals surface area contributed by atoms with Crippen LogP contribution in [0.4, 0.5) is 5.69 Å². The Labute approximate surface area is 139 Å². The number of rotatable bonds is 2. The summed E-state index contributed by atoms with van der Waals surface area (Å²) >= 11 is 0. The first kappa shape index (κ1) is 15.1. The van der Waals surface area contributed by atoms with Crippen molar-refractivity contribution in [3.05, 3.63) is 41.4 Å². The van der Waals surface area contributed by atoms with Crippen molar-refractivity contribution in [2.75, 3.05) is 31.6 Å². The fourth-order valence-corrected chi connectivity index (χ4v) is 3.22. The van der Waals surface area contributed by atoms with Crippen LogP contribution in [0.2, 0.25) is 0 Å². The summed E-state index contributed by atoms with van der Waals surface area (Å²) in [6.07, 6.45) is 3.01. The van der Waals surface area contributed by atoms with Crippen LogP contribution in [0.5, 0.6) is 11.5 Å². The number of benzene rings is 1. The molecule has 2 atom stereocenters. The molecule has 8 heteroatoms. The van der Waals surface area contributed by atoms with E-state index in [1.807, 2.05) is 6.07 Å². The molecule has 0 spiro atoms. The lowest BCUT2D eigenvalue weighted by atomic mass is 9.96. The molecule has 1 aromatic carbocycles. The molecule has 4 rings (SSSR count). The van der Waals surface area contributed by atoms with E-state index in [0.717, 1.165) is 24.4 Å². The van der Waals surface area contributed by atoms with Crippen LogP contribution >= 0.6 is 0 Å². The minimum Gasteiger partial charge on any atom is -0.504 e. The van der Waals surface area contributed by atoms with Gasteiger partial charge in [-0.15, -0.1) is 0 Å². The van der Waals surface area contributed by atoms with Crippen molar-refractivity contribution in [1.82, 2.24) is 10.2 Å². The van der Waals surface area contributed by atoms with E-state index in [2.05, 4.69) is 21.6 Å². The van der Waals surface area contributed by atoms with Crippen LogP contribution in [-0.2, 0) is 9.47 Å². The lowest BCUT2D eigenvalue weighted by Crippen LogP contribution is -2.40. The average Bonchev–Trinajstić information content (AvgIpc) is 3.05. The topological polar surface area (TPSA) is 112 Å². The van der Waals surface area contributed by atoms with Crippen LogP contribution in [0.3, 0.4) is 0 Å². The molecule has 0 amide bonds. The van der Waals surface area contributed by atoms with Crippen molar-refractivity contribution >= 4 is 5.69 Å². The van der Waals surface area contributed by atoms with Gasteiger partial charge < -0.3 is 30.3 Å². The van der Waals surface area contributed by atoms with Gasteiger partial charge in [0.1, 0.15) is 6.26 Å². The van der Waals surface area contributed by atoms with E-state index in [1.165, 1.54) is 6.07 Å². The Morgan fingerprint density at radius 3 is 2.67 bits per heavy atom. The summed E-state index contributed by atoms with van der Waals surface area (Å²) in [5.41, 5.74) is 8.54. The van der Waals surface area contributed by atoms with Crippen LogP contribution in [0.25, 0.3) is 0 Å². The van der Waals surface area contributed by atoms with Crippen molar-refractivity contribution in [3.8, 4) is 11.5 Å². The molecule has 0 bridgehead atoms. The number of nitrogens with zero attached hydrogens (tertiary/aromatic N) is 1. The molecule has 128 valence electrons. The minimum absolute atomic E-state index is 0.0498. The van der Waals surface area contributed by atoms with E-state index < -0.39 is 6.35 Å². The summed E-state index contributed by atoms with van der Waals surface area (Å²) < 4.78 is 10.7. The first-order valence-corrected chi connectivity index (χ1v) is 7.87. The zero-order valence-corrected chi connectivity index (χ0v) is 13.0. The third kappa shape index (κ3) is 2.54.